The lowest BCUT2D eigenvalue weighted by atomic mass is 10.0. The summed E-state index contributed by atoms with van der Waals surface area (Å²) in [6.07, 6.45) is 0. The van der Waals surface area contributed by atoms with Crippen LogP contribution in [0.25, 0.3) is 5.69 Å². The number of hydrogen-bond donors (Lipinski definition) is 1. The van der Waals surface area contributed by atoms with Crippen LogP contribution in [-0.2, 0) is 4.79 Å². The number of ether oxygens (including phenoxy) is 1. The highest BCUT2D eigenvalue weighted by Gasteiger charge is 2.30. The van der Waals surface area contributed by atoms with E-state index < -0.39 is 5.91 Å². The van der Waals surface area contributed by atoms with Crippen LogP contribution in [0.5, 0.6) is 5.75 Å². The first kappa shape index (κ1) is 18.3. The summed E-state index contributed by atoms with van der Waals surface area (Å²) in [5, 5.41) is 5.84. The lowest BCUT2D eigenvalue weighted by Crippen LogP contribution is -2.20. The number of para-hydroxylation sites is 1. The molecular formula is C21H20N4O2S. The van der Waals surface area contributed by atoms with Gasteiger partial charge in [0, 0.05) is 5.56 Å². The summed E-state index contributed by atoms with van der Waals surface area (Å²) in [6.45, 7) is 3.91. The Morgan fingerprint density at radius 2 is 1.86 bits per heavy atom. The molecule has 1 amide bonds. The SMILES string of the molecule is CC1=Nc2c(c(C)nn2-c2ccccc2)C(c2ccc(OCC(N)=O)cc2)S1. The van der Waals surface area contributed by atoms with E-state index >= 15 is 0 Å². The molecule has 1 aromatic heterocycles. The van der Waals surface area contributed by atoms with Crippen molar-refractivity contribution in [2.75, 3.05) is 6.61 Å². The number of aryl methyl sites for hydroxylation is 1. The van der Waals surface area contributed by atoms with Gasteiger partial charge in [-0.1, -0.05) is 42.1 Å². The van der Waals surface area contributed by atoms with Crippen molar-refractivity contribution in [2.24, 2.45) is 10.7 Å². The maximum Gasteiger partial charge on any atom is 0.255 e. The first-order valence-corrected chi connectivity index (χ1v) is 9.79. The Morgan fingerprint density at radius 1 is 1.14 bits per heavy atom. The topological polar surface area (TPSA) is 82.5 Å². The number of carbonyl (C=O) groups is 1. The van der Waals surface area contributed by atoms with E-state index in [9.17, 15) is 4.79 Å². The molecule has 28 heavy (non-hydrogen) atoms. The fraction of sp³-hybridized carbons (Fsp3) is 0.190. The molecule has 0 fully saturated rings. The molecule has 0 bridgehead atoms. The van der Waals surface area contributed by atoms with Crippen molar-refractivity contribution in [3.63, 3.8) is 0 Å². The minimum Gasteiger partial charge on any atom is -0.484 e. The molecule has 2 N–H and O–H groups in total. The van der Waals surface area contributed by atoms with Crippen LogP contribution in [0, 0.1) is 6.92 Å². The lowest BCUT2D eigenvalue weighted by molar-refractivity contribution is -0.119. The highest BCUT2D eigenvalue weighted by Crippen LogP contribution is 2.47. The largest absolute Gasteiger partial charge is 0.484 e. The van der Waals surface area contributed by atoms with Gasteiger partial charge in [0.25, 0.3) is 5.91 Å². The molecular weight excluding hydrogens is 372 g/mol. The fourth-order valence-corrected chi connectivity index (χ4v) is 4.39. The Morgan fingerprint density at radius 3 is 2.54 bits per heavy atom. The predicted molar refractivity (Wildman–Crippen MR) is 112 cm³/mol. The van der Waals surface area contributed by atoms with Crippen molar-refractivity contribution in [3.05, 3.63) is 71.4 Å². The third-order valence-electron chi connectivity index (χ3n) is 4.46. The highest BCUT2D eigenvalue weighted by molar-refractivity contribution is 8.14. The van der Waals surface area contributed by atoms with Gasteiger partial charge in [0.1, 0.15) is 5.75 Å². The minimum absolute atomic E-state index is 0.0927. The van der Waals surface area contributed by atoms with Gasteiger partial charge in [-0.2, -0.15) is 5.10 Å². The van der Waals surface area contributed by atoms with Crippen LogP contribution in [0.2, 0.25) is 0 Å². The van der Waals surface area contributed by atoms with Gasteiger partial charge in [0.15, 0.2) is 12.4 Å². The third-order valence-corrected chi connectivity index (χ3v) is 5.64. The van der Waals surface area contributed by atoms with Crippen LogP contribution in [0.1, 0.15) is 29.0 Å². The smallest absolute Gasteiger partial charge is 0.255 e. The second kappa shape index (κ2) is 7.52. The molecule has 1 unspecified atom stereocenters. The Bertz CT molecular complexity index is 1040. The molecule has 2 heterocycles. The molecule has 4 rings (SSSR count). The fourth-order valence-electron chi connectivity index (χ4n) is 3.22. The van der Waals surface area contributed by atoms with E-state index in [1.54, 1.807) is 11.8 Å². The number of benzene rings is 2. The summed E-state index contributed by atoms with van der Waals surface area (Å²) in [5.74, 6) is 0.997. The molecule has 0 spiro atoms. The van der Waals surface area contributed by atoms with Crippen molar-refractivity contribution in [2.45, 2.75) is 19.1 Å². The Kier molecular flexibility index (Phi) is 4.92. The molecule has 2 aromatic carbocycles. The van der Waals surface area contributed by atoms with Crippen LogP contribution < -0.4 is 10.5 Å². The number of fused-ring (bicyclic) bond motifs is 1. The summed E-state index contributed by atoms with van der Waals surface area (Å²) in [6, 6.07) is 17.8. The van der Waals surface area contributed by atoms with Crippen LogP contribution in [0.15, 0.2) is 59.6 Å². The number of carbonyl (C=O) groups excluding carboxylic acids is 1. The standard InChI is InChI=1S/C21H20N4O2S/c1-13-19-20(15-8-10-17(11-9-15)27-12-18(22)26)28-14(2)23-21(19)25(24-13)16-6-4-3-5-7-16/h3-11,20H,12H2,1-2H3,(H2,22,26). The first-order valence-electron chi connectivity index (χ1n) is 8.91. The number of rotatable bonds is 5. The van der Waals surface area contributed by atoms with Gasteiger partial charge in [-0.05, 0) is 43.7 Å². The molecule has 3 aromatic rings. The molecule has 0 radical (unpaired) electrons. The molecule has 1 atom stereocenters. The van der Waals surface area contributed by atoms with Gasteiger partial charge in [0.2, 0.25) is 0 Å². The van der Waals surface area contributed by atoms with Crippen LogP contribution in [0.3, 0.4) is 0 Å². The zero-order valence-electron chi connectivity index (χ0n) is 15.6. The maximum atomic E-state index is 10.9. The van der Waals surface area contributed by atoms with Crippen LogP contribution >= 0.6 is 11.8 Å². The number of primary amides is 1. The predicted octanol–water partition coefficient (Wildman–Crippen LogP) is 3.93. The van der Waals surface area contributed by atoms with Gasteiger partial charge in [-0.15, -0.1) is 0 Å². The number of amides is 1. The van der Waals surface area contributed by atoms with Gasteiger partial charge >= 0.3 is 0 Å². The summed E-state index contributed by atoms with van der Waals surface area (Å²) in [4.78, 5) is 15.7. The van der Waals surface area contributed by atoms with E-state index in [0.29, 0.717) is 5.75 Å². The number of aliphatic imine (C=N–C) groups is 1. The van der Waals surface area contributed by atoms with Gasteiger partial charge < -0.3 is 10.5 Å². The second-order valence-corrected chi connectivity index (χ2v) is 7.82. The quantitative estimate of drug-likeness (QED) is 0.713. The normalized spacial score (nSPS) is 15.6. The van der Waals surface area contributed by atoms with Gasteiger partial charge in [0.05, 0.1) is 21.7 Å². The molecule has 6 nitrogen and oxygen atoms in total. The number of nitrogens with zero attached hydrogens (tertiary/aromatic N) is 3. The maximum absolute atomic E-state index is 10.9. The average molecular weight is 392 g/mol. The van der Waals surface area contributed by atoms with Crippen molar-refractivity contribution in [1.29, 1.82) is 0 Å². The second-order valence-electron chi connectivity index (χ2n) is 6.52. The van der Waals surface area contributed by atoms with E-state index in [-0.39, 0.29) is 11.9 Å². The minimum atomic E-state index is -0.493. The summed E-state index contributed by atoms with van der Waals surface area (Å²) in [7, 11) is 0. The number of thioether (sulfide) groups is 1. The van der Waals surface area contributed by atoms with Crippen molar-refractivity contribution >= 4 is 28.5 Å². The molecule has 0 saturated heterocycles. The molecule has 142 valence electrons. The Hall–Kier alpha value is -3.06. The summed E-state index contributed by atoms with van der Waals surface area (Å²) < 4.78 is 7.27. The van der Waals surface area contributed by atoms with Crippen molar-refractivity contribution in [1.82, 2.24) is 9.78 Å². The zero-order chi connectivity index (χ0) is 19.7. The van der Waals surface area contributed by atoms with E-state index in [1.165, 1.54) is 0 Å². The van der Waals surface area contributed by atoms with E-state index in [1.807, 2.05) is 73.1 Å². The number of aromatic nitrogens is 2. The Labute approximate surface area is 167 Å². The number of nitrogens with two attached hydrogens (primary N) is 1. The monoisotopic (exact) mass is 392 g/mol. The van der Waals surface area contributed by atoms with Crippen molar-refractivity contribution < 1.29 is 9.53 Å². The summed E-state index contributed by atoms with van der Waals surface area (Å²) >= 11 is 1.71. The molecule has 0 saturated carbocycles. The van der Waals surface area contributed by atoms with Crippen molar-refractivity contribution in [3.8, 4) is 11.4 Å². The number of hydrogen-bond acceptors (Lipinski definition) is 5. The van der Waals surface area contributed by atoms with E-state index in [4.69, 9.17) is 20.6 Å². The van der Waals surface area contributed by atoms with Gasteiger partial charge in [-0.3, -0.25) is 4.79 Å². The first-order chi connectivity index (χ1) is 13.5. The molecule has 1 aliphatic rings. The zero-order valence-corrected chi connectivity index (χ0v) is 16.4. The molecule has 1 aliphatic heterocycles. The Balaban J connectivity index is 1.71. The lowest BCUT2D eigenvalue weighted by Gasteiger charge is -2.22. The van der Waals surface area contributed by atoms with Crippen LogP contribution in [0.4, 0.5) is 5.82 Å². The molecule has 0 aliphatic carbocycles. The third kappa shape index (κ3) is 3.53. The highest BCUT2D eigenvalue weighted by atomic mass is 32.2. The average Bonchev–Trinajstić information content (AvgIpc) is 3.03. The van der Waals surface area contributed by atoms with Gasteiger partial charge in [-0.25, -0.2) is 9.67 Å². The van der Waals surface area contributed by atoms with Crippen LogP contribution in [-0.4, -0.2) is 27.3 Å². The summed E-state index contributed by atoms with van der Waals surface area (Å²) in [5.41, 5.74) is 9.33. The molecule has 7 heteroatoms. The van der Waals surface area contributed by atoms with E-state index in [0.717, 1.165) is 33.4 Å². The van der Waals surface area contributed by atoms with E-state index in [2.05, 4.69) is 0 Å².